The number of hydrogen-bond donors (Lipinski definition) is 2. The van der Waals surface area contributed by atoms with Crippen LogP contribution in [0.4, 0.5) is 13.2 Å². The molecule has 2 aliphatic rings. The Morgan fingerprint density at radius 3 is 2.76 bits per heavy atom. The molecule has 0 aromatic rings. The van der Waals surface area contributed by atoms with Crippen molar-refractivity contribution in [2.45, 2.75) is 37.7 Å². The van der Waals surface area contributed by atoms with Crippen molar-refractivity contribution in [3.63, 3.8) is 0 Å². The van der Waals surface area contributed by atoms with Crippen molar-refractivity contribution in [1.29, 1.82) is 0 Å². The second kappa shape index (κ2) is 4.81. The quantitative estimate of drug-likeness (QED) is 0.711. The molecule has 0 aromatic carbocycles. The normalized spacial score (nSPS) is 31.1. The second-order valence-corrected chi connectivity index (χ2v) is 4.50. The molecule has 7 heteroatoms. The van der Waals surface area contributed by atoms with E-state index >= 15 is 0 Å². The van der Waals surface area contributed by atoms with Gasteiger partial charge in [-0.25, -0.2) is 0 Å². The molecular weight excluding hydrogens is 237 g/mol. The van der Waals surface area contributed by atoms with Gasteiger partial charge in [-0.15, -0.1) is 13.2 Å². The van der Waals surface area contributed by atoms with Crippen molar-refractivity contribution < 1.29 is 22.7 Å². The fourth-order valence-electron chi connectivity index (χ4n) is 2.12. The molecule has 1 aliphatic heterocycles. The summed E-state index contributed by atoms with van der Waals surface area (Å²) in [6.07, 6.45) is -2.44. The van der Waals surface area contributed by atoms with Crippen LogP contribution in [0.2, 0.25) is 0 Å². The van der Waals surface area contributed by atoms with Crippen LogP contribution < -0.4 is 10.6 Å². The monoisotopic (exact) mass is 252 g/mol. The van der Waals surface area contributed by atoms with Crippen LogP contribution in [-0.2, 0) is 9.53 Å². The molecule has 3 atom stereocenters. The molecule has 2 fully saturated rings. The van der Waals surface area contributed by atoms with Crippen molar-refractivity contribution in [1.82, 2.24) is 10.6 Å². The summed E-state index contributed by atoms with van der Waals surface area (Å²) in [4.78, 5) is 11.5. The maximum Gasteiger partial charge on any atom is 0.522 e. The SMILES string of the molecule is O=C(NCCCOC(F)(F)F)C1CC2CC2N1. The van der Waals surface area contributed by atoms with Crippen molar-refractivity contribution in [3.8, 4) is 0 Å². The summed E-state index contributed by atoms with van der Waals surface area (Å²) in [5, 5.41) is 5.77. The van der Waals surface area contributed by atoms with Crippen molar-refractivity contribution in [3.05, 3.63) is 0 Å². The highest BCUT2D eigenvalue weighted by molar-refractivity contribution is 5.82. The Labute approximate surface area is 96.9 Å². The number of carbonyl (C=O) groups excluding carboxylic acids is 1. The van der Waals surface area contributed by atoms with Crippen LogP contribution in [0, 0.1) is 5.92 Å². The Bertz CT molecular complexity index is 286. The maximum atomic E-state index is 11.6. The Morgan fingerprint density at radius 2 is 2.18 bits per heavy atom. The summed E-state index contributed by atoms with van der Waals surface area (Å²) in [6, 6.07) is 0.321. The van der Waals surface area contributed by atoms with Gasteiger partial charge in [-0.3, -0.25) is 9.53 Å². The molecule has 0 bridgehead atoms. The van der Waals surface area contributed by atoms with E-state index in [1.807, 2.05) is 0 Å². The Hall–Kier alpha value is -0.820. The molecular formula is C10H15F3N2O2. The Morgan fingerprint density at radius 1 is 1.41 bits per heavy atom. The van der Waals surface area contributed by atoms with Gasteiger partial charge in [-0.1, -0.05) is 0 Å². The molecule has 0 aromatic heterocycles. The van der Waals surface area contributed by atoms with E-state index in [1.165, 1.54) is 0 Å². The van der Waals surface area contributed by atoms with E-state index in [1.54, 1.807) is 0 Å². The van der Waals surface area contributed by atoms with E-state index in [2.05, 4.69) is 15.4 Å². The first-order valence-electron chi connectivity index (χ1n) is 5.70. The minimum absolute atomic E-state index is 0.121. The number of hydrogen-bond acceptors (Lipinski definition) is 3. The summed E-state index contributed by atoms with van der Waals surface area (Å²) in [7, 11) is 0. The maximum absolute atomic E-state index is 11.6. The van der Waals surface area contributed by atoms with E-state index in [9.17, 15) is 18.0 Å². The lowest BCUT2D eigenvalue weighted by Gasteiger charge is -2.13. The molecule has 1 saturated carbocycles. The third-order valence-electron chi connectivity index (χ3n) is 3.08. The highest BCUT2D eigenvalue weighted by Crippen LogP contribution is 2.40. The molecule has 0 radical (unpaired) electrons. The Balaban J connectivity index is 1.52. The highest BCUT2D eigenvalue weighted by Gasteiger charge is 2.47. The first-order chi connectivity index (χ1) is 7.96. The van der Waals surface area contributed by atoms with Gasteiger partial charge in [0, 0.05) is 12.6 Å². The summed E-state index contributed by atoms with van der Waals surface area (Å²) in [6.45, 7) is -0.213. The lowest BCUT2D eigenvalue weighted by Crippen LogP contribution is -2.42. The van der Waals surface area contributed by atoms with Gasteiger partial charge in [0.1, 0.15) is 0 Å². The van der Waals surface area contributed by atoms with Gasteiger partial charge in [0.2, 0.25) is 5.91 Å². The standard InChI is InChI=1S/C10H15F3N2O2/c11-10(12,13)17-3-1-2-14-9(16)8-5-6-4-7(6)15-8/h6-8,15H,1-5H2,(H,14,16). The van der Waals surface area contributed by atoms with Crippen molar-refractivity contribution >= 4 is 5.91 Å². The number of amides is 1. The number of rotatable bonds is 5. The average Bonchev–Trinajstić information content (AvgIpc) is 2.83. The number of nitrogens with one attached hydrogen (secondary N) is 2. The molecule has 3 unspecified atom stereocenters. The molecule has 1 amide bonds. The van der Waals surface area contributed by atoms with Gasteiger partial charge in [-0.05, 0) is 25.2 Å². The molecule has 2 N–H and O–H groups in total. The zero-order valence-electron chi connectivity index (χ0n) is 9.22. The fraction of sp³-hybridized carbons (Fsp3) is 0.900. The zero-order chi connectivity index (χ0) is 12.5. The smallest absolute Gasteiger partial charge is 0.355 e. The molecule has 4 nitrogen and oxygen atoms in total. The average molecular weight is 252 g/mol. The minimum atomic E-state index is -4.59. The predicted octanol–water partition coefficient (Wildman–Crippen LogP) is 0.779. The van der Waals surface area contributed by atoms with E-state index in [0.717, 1.165) is 12.8 Å². The van der Waals surface area contributed by atoms with E-state index in [0.29, 0.717) is 12.0 Å². The number of halogens is 3. The van der Waals surface area contributed by atoms with Gasteiger partial charge < -0.3 is 10.6 Å². The number of carbonyl (C=O) groups is 1. The topological polar surface area (TPSA) is 50.4 Å². The van der Waals surface area contributed by atoms with E-state index < -0.39 is 13.0 Å². The third kappa shape index (κ3) is 3.85. The van der Waals surface area contributed by atoms with Crippen molar-refractivity contribution in [2.24, 2.45) is 5.92 Å². The van der Waals surface area contributed by atoms with Gasteiger partial charge in [0.25, 0.3) is 0 Å². The molecule has 2 rings (SSSR count). The molecule has 1 aliphatic carbocycles. The second-order valence-electron chi connectivity index (χ2n) is 4.50. The number of piperidine rings is 1. The molecule has 1 saturated heterocycles. The van der Waals surface area contributed by atoms with Crippen LogP contribution in [0.3, 0.4) is 0 Å². The first-order valence-corrected chi connectivity index (χ1v) is 5.70. The number of ether oxygens (including phenoxy) is 1. The van der Waals surface area contributed by atoms with Crippen LogP contribution in [0.25, 0.3) is 0 Å². The number of fused-ring (bicyclic) bond motifs is 1. The molecule has 1 heterocycles. The van der Waals surface area contributed by atoms with Crippen LogP contribution in [0.15, 0.2) is 0 Å². The van der Waals surface area contributed by atoms with Crippen LogP contribution in [-0.4, -0.2) is 37.5 Å². The van der Waals surface area contributed by atoms with Gasteiger partial charge in [-0.2, -0.15) is 0 Å². The third-order valence-corrected chi connectivity index (χ3v) is 3.08. The summed E-state index contributed by atoms with van der Waals surface area (Å²) in [5.74, 6) is 0.503. The largest absolute Gasteiger partial charge is 0.522 e. The van der Waals surface area contributed by atoms with Crippen LogP contribution in [0.5, 0.6) is 0 Å². The summed E-state index contributed by atoms with van der Waals surface area (Å²) >= 11 is 0. The van der Waals surface area contributed by atoms with Gasteiger partial charge >= 0.3 is 6.36 Å². The number of alkyl halides is 3. The van der Waals surface area contributed by atoms with Gasteiger partial charge in [0.15, 0.2) is 0 Å². The van der Waals surface area contributed by atoms with E-state index in [4.69, 9.17) is 0 Å². The molecule has 0 spiro atoms. The highest BCUT2D eigenvalue weighted by atomic mass is 19.4. The van der Waals surface area contributed by atoms with Crippen molar-refractivity contribution in [2.75, 3.05) is 13.2 Å². The zero-order valence-corrected chi connectivity index (χ0v) is 9.22. The van der Waals surface area contributed by atoms with Crippen LogP contribution >= 0.6 is 0 Å². The molecule has 17 heavy (non-hydrogen) atoms. The summed E-state index contributed by atoms with van der Waals surface area (Å²) in [5.41, 5.74) is 0. The van der Waals surface area contributed by atoms with Crippen LogP contribution in [0.1, 0.15) is 19.3 Å². The van der Waals surface area contributed by atoms with Gasteiger partial charge in [0.05, 0.1) is 12.6 Å². The summed E-state index contributed by atoms with van der Waals surface area (Å²) < 4.78 is 38.4. The fourth-order valence-corrected chi connectivity index (χ4v) is 2.12. The lowest BCUT2D eigenvalue weighted by atomic mass is 10.1. The first kappa shape index (κ1) is 12.6. The lowest BCUT2D eigenvalue weighted by molar-refractivity contribution is -0.324. The minimum Gasteiger partial charge on any atom is -0.355 e. The predicted molar refractivity (Wildman–Crippen MR) is 53.1 cm³/mol. The van der Waals surface area contributed by atoms with E-state index in [-0.39, 0.29) is 24.9 Å². The Kier molecular flexibility index (Phi) is 3.58. The molecule has 98 valence electrons.